The Morgan fingerprint density at radius 1 is 1.47 bits per heavy atom. The van der Waals surface area contributed by atoms with Gasteiger partial charge in [-0.05, 0) is 18.9 Å². The average Bonchev–Trinajstić information content (AvgIpc) is 2.26. The monoisotopic (exact) mass is 206 g/mol. The molecule has 1 rings (SSSR count). The SMILES string of the molecule is C#CCCC(O)(CC)c1ccccc1F. The Morgan fingerprint density at radius 3 is 2.67 bits per heavy atom. The molecule has 1 nitrogen and oxygen atoms in total. The van der Waals surface area contributed by atoms with E-state index in [1.165, 1.54) is 6.07 Å². The Kier molecular flexibility index (Phi) is 3.88. The van der Waals surface area contributed by atoms with Crippen LogP contribution < -0.4 is 0 Å². The molecule has 0 radical (unpaired) electrons. The van der Waals surface area contributed by atoms with Crippen molar-refractivity contribution in [2.75, 3.05) is 0 Å². The van der Waals surface area contributed by atoms with Crippen molar-refractivity contribution in [3.05, 3.63) is 35.6 Å². The van der Waals surface area contributed by atoms with E-state index >= 15 is 0 Å². The predicted molar refractivity (Wildman–Crippen MR) is 58.7 cm³/mol. The fourth-order valence-corrected chi connectivity index (χ4v) is 1.62. The van der Waals surface area contributed by atoms with Gasteiger partial charge in [0.25, 0.3) is 0 Å². The van der Waals surface area contributed by atoms with Gasteiger partial charge in [0.15, 0.2) is 0 Å². The van der Waals surface area contributed by atoms with Crippen LogP contribution >= 0.6 is 0 Å². The first kappa shape index (κ1) is 11.7. The van der Waals surface area contributed by atoms with Crippen LogP contribution in [0.3, 0.4) is 0 Å². The number of hydrogen-bond acceptors (Lipinski definition) is 1. The quantitative estimate of drug-likeness (QED) is 0.751. The minimum absolute atomic E-state index is 0.336. The second kappa shape index (κ2) is 4.95. The largest absolute Gasteiger partial charge is 0.385 e. The van der Waals surface area contributed by atoms with Gasteiger partial charge in [0.05, 0.1) is 5.60 Å². The van der Waals surface area contributed by atoms with Gasteiger partial charge in [-0.25, -0.2) is 4.39 Å². The zero-order valence-electron chi connectivity index (χ0n) is 8.83. The van der Waals surface area contributed by atoms with Crippen molar-refractivity contribution in [1.29, 1.82) is 0 Å². The Morgan fingerprint density at radius 2 is 2.13 bits per heavy atom. The van der Waals surface area contributed by atoms with Crippen LogP contribution in [0.1, 0.15) is 31.7 Å². The second-order valence-corrected chi connectivity index (χ2v) is 3.57. The molecule has 1 unspecified atom stereocenters. The molecule has 80 valence electrons. The van der Waals surface area contributed by atoms with E-state index < -0.39 is 5.60 Å². The molecule has 0 fully saturated rings. The number of rotatable bonds is 4. The number of hydrogen-bond donors (Lipinski definition) is 1. The molecule has 0 aromatic heterocycles. The fourth-order valence-electron chi connectivity index (χ4n) is 1.62. The van der Waals surface area contributed by atoms with Crippen molar-refractivity contribution < 1.29 is 9.50 Å². The van der Waals surface area contributed by atoms with Gasteiger partial charge in [-0.1, -0.05) is 25.1 Å². The molecule has 1 N–H and O–H groups in total. The summed E-state index contributed by atoms with van der Waals surface area (Å²) in [5.41, 5.74) is -0.805. The maximum Gasteiger partial charge on any atom is 0.129 e. The van der Waals surface area contributed by atoms with E-state index in [4.69, 9.17) is 6.42 Å². The molecule has 0 aliphatic rings. The first-order valence-electron chi connectivity index (χ1n) is 5.05. The van der Waals surface area contributed by atoms with Gasteiger partial charge in [0.2, 0.25) is 0 Å². The third-order valence-corrected chi connectivity index (χ3v) is 2.64. The van der Waals surface area contributed by atoms with Gasteiger partial charge in [0, 0.05) is 12.0 Å². The lowest BCUT2D eigenvalue weighted by molar-refractivity contribution is 0.0214. The second-order valence-electron chi connectivity index (χ2n) is 3.57. The van der Waals surface area contributed by atoms with Crippen LogP contribution in [0.2, 0.25) is 0 Å². The van der Waals surface area contributed by atoms with Crippen LogP contribution in [0.4, 0.5) is 4.39 Å². The van der Waals surface area contributed by atoms with Gasteiger partial charge in [-0.15, -0.1) is 12.3 Å². The van der Waals surface area contributed by atoms with Crippen molar-refractivity contribution >= 4 is 0 Å². The van der Waals surface area contributed by atoms with Gasteiger partial charge < -0.3 is 5.11 Å². The topological polar surface area (TPSA) is 20.2 Å². The lowest BCUT2D eigenvalue weighted by atomic mass is 9.86. The molecule has 15 heavy (non-hydrogen) atoms. The van der Waals surface area contributed by atoms with E-state index in [0.29, 0.717) is 24.8 Å². The fraction of sp³-hybridized carbons (Fsp3) is 0.385. The molecule has 1 atom stereocenters. The summed E-state index contributed by atoms with van der Waals surface area (Å²) in [6.07, 6.45) is 6.44. The maximum absolute atomic E-state index is 13.5. The van der Waals surface area contributed by atoms with Crippen LogP contribution in [0.25, 0.3) is 0 Å². The van der Waals surface area contributed by atoms with E-state index in [-0.39, 0.29) is 5.82 Å². The van der Waals surface area contributed by atoms with E-state index in [0.717, 1.165) is 0 Å². The zero-order chi connectivity index (χ0) is 11.3. The summed E-state index contributed by atoms with van der Waals surface area (Å²) >= 11 is 0. The number of halogens is 1. The van der Waals surface area contributed by atoms with Crippen LogP contribution in [0.5, 0.6) is 0 Å². The van der Waals surface area contributed by atoms with Gasteiger partial charge >= 0.3 is 0 Å². The predicted octanol–water partition coefficient (Wildman–Crippen LogP) is 2.84. The Balaban J connectivity index is 3.01. The van der Waals surface area contributed by atoms with E-state index in [1.807, 2.05) is 6.92 Å². The molecule has 0 spiro atoms. The van der Waals surface area contributed by atoms with Crippen molar-refractivity contribution in [1.82, 2.24) is 0 Å². The summed E-state index contributed by atoms with van der Waals surface area (Å²) in [5.74, 6) is 2.09. The maximum atomic E-state index is 13.5. The summed E-state index contributed by atoms with van der Waals surface area (Å²) in [4.78, 5) is 0. The third kappa shape index (κ3) is 2.57. The molecule has 1 aromatic rings. The molecule has 0 saturated heterocycles. The molecule has 1 aromatic carbocycles. The Labute approximate surface area is 89.9 Å². The number of aliphatic hydroxyl groups is 1. The van der Waals surface area contributed by atoms with Crippen LogP contribution in [0, 0.1) is 18.2 Å². The van der Waals surface area contributed by atoms with Crippen molar-refractivity contribution in [3.8, 4) is 12.3 Å². The van der Waals surface area contributed by atoms with E-state index in [9.17, 15) is 9.50 Å². The van der Waals surface area contributed by atoms with E-state index in [2.05, 4.69) is 5.92 Å². The molecule has 2 heteroatoms. The Hall–Kier alpha value is -1.33. The van der Waals surface area contributed by atoms with Gasteiger partial charge in [-0.3, -0.25) is 0 Å². The van der Waals surface area contributed by atoms with E-state index in [1.54, 1.807) is 18.2 Å². The molecule has 0 aliphatic carbocycles. The molecular formula is C13H15FO. The lowest BCUT2D eigenvalue weighted by Crippen LogP contribution is -2.25. The smallest absolute Gasteiger partial charge is 0.129 e. The van der Waals surface area contributed by atoms with Crippen molar-refractivity contribution in [2.24, 2.45) is 0 Å². The first-order valence-corrected chi connectivity index (χ1v) is 5.05. The highest BCUT2D eigenvalue weighted by atomic mass is 19.1. The molecule has 0 heterocycles. The highest BCUT2D eigenvalue weighted by molar-refractivity contribution is 5.24. The number of terminal acetylenes is 1. The first-order chi connectivity index (χ1) is 7.14. The molecule has 0 amide bonds. The standard InChI is InChI=1S/C13H15FO/c1-3-5-10-13(15,4-2)11-8-6-7-9-12(11)14/h1,6-9,15H,4-5,10H2,2H3. The zero-order valence-corrected chi connectivity index (χ0v) is 8.83. The minimum Gasteiger partial charge on any atom is -0.385 e. The number of benzene rings is 1. The molecule has 0 aliphatic heterocycles. The van der Waals surface area contributed by atoms with Gasteiger partial charge in [0.1, 0.15) is 5.82 Å². The average molecular weight is 206 g/mol. The summed E-state index contributed by atoms with van der Waals surface area (Å²) in [6.45, 7) is 1.82. The normalized spacial score (nSPS) is 14.3. The molecule has 0 bridgehead atoms. The van der Waals surface area contributed by atoms with Crippen molar-refractivity contribution in [3.63, 3.8) is 0 Å². The Bertz CT molecular complexity index is 367. The van der Waals surface area contributed by atoms with Crippen LogP contribution in [-0.2, 0) is 5.60 Å². The van der Waals surface area contributed by atoms with Crippen LogP contribution in [0.15, 0.2) is 24.3 Å². The highest BCUT2D eigenvalue weighted by Gasteiger charge is 2.28. The summed E-state index contributed by atoms with van der Waals surface area (Å²) in [7, 11) is 0. The van der Waals surface area contributed by atoms with Crippen molar-refractivity contribution in [2.45, 2.75) is 31.8 Å². The summed E-state index contributed by atoms with van der Waals surface area (Å²) < 4.78 is 13.5. The minimum atomic E-state index is -1.14. The summed E-state index contributed by atoms with van der Waals surface area (Å²) in [6, 6.07) is 6.28. The highest BCUT2D eigenvalue weighted by Crippen LogP contribution is 2.31. The lowest BCUT2D eigenvalue weighted by Gasteiger charge is -2.26. The molecular weight excluding hydrogens is 191 g/mol. The summed E-state index contributed by atoms with van der Waals surface area (Å²) in [5, 5.41) is 10.3. The van der Waals surface area contributed by atoms with Crippen LogP contribution in [-0.4, -0.2) is 5.11 Å². The van der Waals surface area contributed by atoms with Gasteiger partial charge in [-0.2, -0.15) is 0 Å². The molecule has 0 saturated carbocycles. The third-order valence-electron chi connectivity index (χ3n) is 2.64.